The van der Waals surface area contributed by atoms with Gasteiger partial charge in [-0.15, -0.1) is 0 Å². The molecule has 1 saturated heterocycles. The fourth-order valence-corrected chi connectivity index (χ4v) is 5.08. The molecule has 0 bridgehead atoms. The molecule has 0 radical (unpaired) electrons. The van der Waals surface area contributed by atoms with Crippen LogP contribution < -0.4 is 10.6 Å². The zero-order valence-corrected chi connectivity index (χ0v) is 17.9. The predicted octanol–water partition coefficient (Wildman–Crippen LogP) is 3.21. The molecule has 1 aliphatic carbocycles. The Hall–Kier alpha value is -1.21. The summed E-state index contributed by atoms with van der Waals surface area (Å²) < 4.78 is 5.42. The molecule has 7 heteroatoms. The molecule has 0 aromatic carbocycles. The van der Waals surface area contributed by atoms with Crippen molar-refractivity contribution in [1.29, 1.82) is 0 Å². The Bertz CT molecular complexity index is 603. The van der Waals surface area contributed by atoms with E-state index in [1.807, 2.05) is 13.1 Å². The molecular weight excluding hydrogens is 358 g/mol. The first-order valence-corrected chi connectivity index (χ1v) is 11.5. The summed E-state index contributed by atoms with van der Waals surface area (Å²) in [5.74, 6) is 4.60. The van der Waals surface area contributed by atoms with Crippen LogP contribution in [0.1, 0.15) is 63.3 Å². The van der Waals surface area contributed by atoms with Crippen molar-refractivity contribution >= 4 is 17.7 Å². The lowest BCUT2D eigenvalue weighted by molar-refractivity contribution is 0.0626. The summed E-state index contributed by atoms with van der Waals surface area (Å²) in [5, 5.41) is 11.1. The first kappa shape index (κ1) is 20.5. The number of nitrogens with one attached hydrogen (secondary N) is 2. The molecule has 3 rings (SSSR count). The van der Waals surface area contributed by atoms with E-state index in [4.69, 9.17) is 4.52 Å². The average molecular weight is 394 g/mol. The SMILES string of the molecule is CN=C(NCc1cc(C(C)C)no1)NCC1(N2CCSCC2)CCCCC1. The van der Waals surface area contributed by atoms with E-state index in [-0.39, 0.29) is 5.54 Å². The zero-order chi connectivity index (χ0) is 19.1. The molecule has 27 heavy (non-hydrogen) atoms. The Kier molecular flexibility index (Phi) is 7.47. The quantitative estimate of drug-likeness (QED) is 0.571. The van der Waals surface area contributed by atoms with Gasteiger partial charge in [-0.25, -0.2) is 0 Å². The van der Waals surface area contributed by atoms with Crippen molar-refractivity contribution in [2.45, 2.75) is 64.0 Å². The normalized spacial score (nSPS) is 21.4. The largest absolute Gasteiger partial charge is 0.359 e. The topological polar surface area (TPSA) is 65.7 Å². The van der Waals surface area contributed by atoms with Gasteiger partial charge in [0.1, 0.15) is 0 Å². The van der Waals surface area contributed by atoms with Crippen LogP contribution in [0.25, 0.3) is 0 Å². The van der Waals surface area contributed by atoms with Crippen LogP contribution in [-0.4, -0.2) is 59.7 Å². The minimum Gasteiger partial charge on any atom is -0.359 e. The number of aromatic nitrogens is 1. The summed E-state index contributed by atoms with van der Waals surface area (Å²) in [4.78, 5) is 7.16. The average Bonchev–Trinajstić information content (AvgIpc) is 3.19. The van der Waals surface area contributed by atoms with Crippen LogP contribution >= 0.6 is 11.8 Å². The van der Waals surface area contributed by atoms with Crippen molar-refractivity contribution < 1.29 is 4.52 Å². The standard InChI is InChI=1S/C20H35N5OS/c1-16(2)18-13-17(26-24-18)14-22-19(21-3)23-15-20(7-5-4-6-8-20)25-9-11-27-12-10-25/h13,16H,4-12,14-15H2,1-3H3,(H2,21,22,23). The lowest BCUT2D eigenvalue weighted by Gasteiger charge is -2.48. The number of guanidine groups is 1. The number of hydrogen-bond donors (Lipinski definition) is 2. The molecule has 2 fully saturated rings. The van der Waals surface area contributed by atoms with Crippen molar-refractivity contribution in [2.24, 2.45) is 4.99 Å². The predicted molar refractivity (Wildman–Crippen MR) is 114 cm³/mol. The highest BCUT2D eigenvalue weighted by molar-refractivity contribution is 7.99. The van der Waals surface area contributed by atoms with Gasteiger partial charge in [0.25, 0.3) is 0 Å². The van der Waals surface area contributed by atoms with E-state index in [0.717, 1.165) is 24.0 Å². The molecule has 1 aromatic heterocycles. The van der Waals surface area contributed by atoms with E-state index in [9.17, 15) is 0 Å². The molecule has 1 aliphatic heterocycles. The van der Waals surface area contributed by atoms with E-state index >= 15 is 0 Å². The maximum absolute atomic E-state index is 5.42. The third-order valence-corrected chi connectivity index (χ3v) is 6.82. The molecule has 2 N–H and O–H groups in total. The molecule has 2 aliphatic rings. The van der Waals surface area contributed by atoms with Crippen LogP contribution in [0.2, 0.25) is 0 Å². The summed E-state index contributed by atoms with van der Waals surface area (Å²) in [6.45, 7) is 8.25. The van der Waals surface area contributed by atoms with E-state index < -0.39 is 0 Å². The van der Waals surface area contributed by atoms with Crippen molar-refractivity contribution in [1.82, 2.24) is 20.7 Å². The van der Waals surface area contributed by atoms with E-state index in [0.29, 0.717) is 12.5 Å². The van der Waals surface area contributed by atoms with Crippen LogP contribution in [0.5, 0.6) is 0 Å². The van der Waals surface area contributed by atoms with E-state index in [1.165, 1.54) is 56.7 Å². The van der Waals surface area contributed by atoms with Crippen molar-refractivity contribution in [3.8, 4) is 0 Å². The molecule has 1 saturated carbocycles. The van der Waals surface area contributed by atoms with Crippen molar-refractivity contribution in [2.75, 3.05) is 38.2 Å². The van der Waals surface area contributed by atoms with Crippen LogP contribution in [-0.2, 0) is 6.54 Å². The summed E-state index contributed by atoms with van der Waals surface area (Å²) >= 11 is 2.09. The van der Waals surface area contributed by atoms with Gasteiger partial charge in [-0.2, -0.15) is 11.8 Å². The summed E-state index contributed by atoms with van der Waals surface area (Å²) in [6, 6.07) is 2.03. The fourth-order valence-electron chi connectivity index (χ4n) is 4.18. The third kappa shape index (κ3) is 5.41. The highest BCUT2D eigenvalue weighted by Gasteiger charge is 2.38. The van der Waals surface area contributed by atoms with Crippen LogP contribution in [0.15, 0.2) is 15.6 Å². The van der Waals surface area contributed by atoms with Gasteiger partial charge in [-0.1, -0.05) is 38.3 Å². The van der Waals surface area contributed by atoms with Gasteiger partial charge in [0.2, 0.25) is 0 Å². The van der Waals surface area contributed by atoms with Crippen LogP contribution in [0, 0.1) is 0 Å². The summed E-state index contributed by atoms with van der Waals surface area (Å²) in [7, 11) is 1.83. The Morgan fingerprint density at radius 3 is 2.63 bits per heavy atom. The van der Waals surface area contributed by atoms with Gasteiger partial charge in [0.15, 0.2) is 11.7 Å². The second-order valence-corrected chi connectivity index (χ2v) is 9.26. The fraction of sp³-hybridized carbons (Fsp3) is 0.800. The number of rotatable bonds is 6. The smallest absolute Gasteiger partial charge is 0.191 e. The Morgan fingerprint density at radius 1 is 1.26 bits per heavy atom. The lowest BCUT2D eigenvalue weighted by atomic mass is 9.80. The monoisotopic (exact) mass is 393 g/mol. The Balaban J connectivity index is 1.55. The van der Waals surface area contributed by atoms with Gasteiger partial charge < -0.3 is 15.2 Å². The van der Waals surface area contributed by atoms with E-state index in [2.05, 4.69) is 51.3 Å². The van der Waals surface area contributed by atoms with Gasteiger partial charge in [0.05, 0.1) is 12.2 Å². The van der Waals surface area contributed by atoms with Gasteiger partial charge in [-0.05, 0) is 18.8 Å². The molecule has 152 valence electrons. The van der Waals surface area contributed by atoms with Crippen LogP contribution in [0.4, 0.5) is 0 Å². The van der Waals surface area contributed by atoms with Gasteiger partial charge in [-0.3, -0.25) is 9.89 Å². The summed E-state index contributed by atoms with van der Waals surface area (Å²) in [6.07, 6.45) is 6.64. The summed E-state index contributed by atoms with van der Waals surface area (Å²) in [5.41, 5.74) is 1.28. The van der Waals surface area contributed by atoms with Gasteiger partial charge in [0, 0.05) is 49.8 Å². The van der Waals surface area contributed by atoms with Crippen molar-refractivity contribution in [3.05, 3.63) is 17.5 Å². The third-order valence-electron chi connectivity index (χ3n) is 5.87. The minimum absolute atomic E-state index is 0.286. The molecule has 6 nitrogen and oxygen atoms in total. The maximum Gasteiger partial charge on any atom is 0.191 e. The number of nitrogens with zero attached hydrogens (tertiary/aromatic N) is 3. The number of thioether (sulfide) groups is 1. The maximum atomic E-state index is 5.42. The minimum atomic E-state index is 0.286. The molecule has 0 unspecified atom stereocenters. The Morgan fingerprint density at radius 2 is 2.00 bits per heavy atom. The first-order valence-electron chi connectivity index (χ1n) is 10.4. The zero-order valence-electron chi connectivity index (χ0n) is 17.1. The lowest BCUT2D eigenvalue weighted by Crippen LogP contribution is -2.59. The second-order valence-electron chi connectivity index (χ2n) is 8.04. The highest BCUT2D eigenvalue weighted by Crippen LogP contribution is 2.34. The molecular formula is C20H35N5OS. The highest BCUT2D eigenvalue weighted by atomic mass is 32.2. The van der Waals surface area contributed by atoms with Crippen LogP contribution in [0.3, 0.4) is 0 Å². The molecule has 0 atom stereocenters. The number of aliphatic imine (C=N–C) groups is 1. The molecule has 0 spiro atoms. The van der Waals surface area contributed by atoms with Crippen molar-refractivity contribution in [3.63, 3.8) is 0 Å². The van der Waals surface area contributed by atoms with E-state index in [1.54, 1.807) is 0 Å². The number of hydrogen-bond acceptors (Lipinski definition) is 5. The molecule has 0 amide bonds. The molecule has 2 heterocycles. The first-order chi connectivity index (χ1) is 13.1. The van der Waals surface area contributed by atoms with Gasteiger partial charge >= 0.3 is 0 Å². The Labute approximate surface area is 167 Å². The second kappa shape index (κ2) is 9.82. The molecule has 1 aromatic rings.